The predicted molar refractivity (Wildman–Crippen MR) is 108 cm³/mol. The van der Waals surface area contributed by atoms with Gasteiger partial charge in [0.15, 0.2) is 0 Å². The first-order valence-electron chi connectivity index (χ1n) is 9.27. The van der Waals surface area contributed by atoms with Gasteiger partial charge in [0, 0.05) is 5.56 Å². The molecule has 0 radical (unpaired) electrons. The molecule has 0 atom stereocenters. The maximum absolute atomic E-state index is 13.1. The molecule has 0 bridgehead atoms. The Balaban J connectivity index is 2.06. The van der Waals surface area contributed by atoms with Gasteiger partial charge >= 0.3 is 5.69 Å². The van der Waals surface area contributed by atoms with Crippen LogP contribution in [0.3, 0.4) is 0 Å². The lowest BCUT2D eigenvalue weighted by Gasteiger charge is -2.19. The maximum atomic E-state index is 13.1. The van der Waals surface area contributed by atoms with Crippen LogP contribution in [0.1, 0.15) is 36.5 Å². The molecular formula is C22H23FN2O4. The zero-order chi connectivity index (χ0) is 21.1. The van der Waals surface area contributed by atoms with Crippen LogP contribution in [0.15, 0.2) is 58.1 Å². The van der Waals surface area contributed by atoms with Crippen LogP contribution in [-0.4, -0.2) is 14.5 Å². The molecule has 0 aliphatic heterocycles. The lowest BCUT2D eigenvalue weighted by Crippen LogP contribution is -2.42. The van der Waals surface area contributed by atoms with Crippen molar-refractivity contribution in [3.05, 3.63) is 91.9 Å². The molecule has 0 fully saturated rings. The second-order valence-corrected chi connectivity index (χ2v) is 7.21. The quantitative estimate of drug-likeness (QED) is 0.643. The van der Waals surface area contributed by atoms with Gasteiger partial charge in [-0.05, 0) is 36.1 Å². The molecule has 7 heteroatoms. The Morgan fingerprint density at radius 1 is 1.03 bits per heavy atom. The van der Waals surface area contributed by atoms with Crippen molar-refractivity contribution in [1.29, 1.82) is 0 Å². The summed E-state index contributed by atoms with van der Waals surface area (Å²) in [4.78, 5) is 25.3. The maximum Gasteiger partial charge on any atom is 0.366 e. The highest BCUT2D eigenvalue weighted by Gasteiger charge is 2.22. The predicted octanol–water partition coefficient (Wildman–Crippen LogP) is 3.66. The number of nitrogens with zero attached hydrogens (tertiary/aromatic N) is 2. The van der Waals surface area contributed by atoms with E-state index in [-0.39, 0.29) is 29.8 Å². The lowest BCUT2D eigenvalue weighted by molar-refractivity contribution is 0.0531. The average molecular weight is 398 g/mol. The molecule has 6 nitrogen and oxygen atoms in total. The Kier molecular flexibility index (Phi) is 5.98. The Bertz CT molecular complexity index is 1110. The van der Waals surface area contributed by atoms with Gasteiger partial charge in [0.05, 0.1) is 12.3 Å². The van der Waals surface area contributed by atoms with E-state index in [9.17, 15) is 19.2 Å². The fourth-order valence-electron chi connectivity index (χ4n) is 3.16. The van der Waals surface area contributed by atoms with E-state index in [1.807, 2.05) is 45.0 Å². The van der Waals surface area contributed by atoms with Gasteiger partial charge in [0.1, 0.15) is 12.5 Å². The van der Waals surface area contributed by atoms with E-state index in [0.717, 1.165) is 11.1 Å². The summed E-state index contributed by atoms with van der Waals surface area (Å²) in [5.74, 6) is -0.582. The van der Waals surface area contributed by atoms with Crippen LogP contribution in [0.2, 0.25) is 0 Å². The molecule has 3 rings (SSSR count). The molecule has 0 spiro atoms. The van der Waals surface area contributed by atoms with Crippen LogP contribution in [0.4, 0.5) is 4.39 Å². The summed E-state index contributed by atoms with van der Waals surface area (Å²) in [6.45, 7) is 5.55. The first-order chi connectivity index (χ1) is 13.8. The van der Waals surface area contributed by atoms with Crippen LogP contribution in [0, 0.1) is 12.7 Å². The number of aromatic nitrogens is 2. The molecule has 1 heterocycles. The smallest absolute Gasteiger partial charge is 0.366 e. The van der Waals surface area contributed by atoms with E-state index in [1.54, 1.807) is 12.1 Å². The normalized spacial score (nSPS) is 11.2. The summed E-state index contributed by atoms with van der Waals surface area (Å²) in [6, 6.07) is 13.3. The lowest BCUT2D eigenvalue weighted by atomic mass is 9.97. The highest BCUT2D eigenvalue weighted by Crippen LogP contribution is 2.26. The Hall–Kier alpha value is -3.19. The molecule has 0 saturated carbocycles. The molecule has 152 valence electrons. The zero-order valence-corrected chi connectivity index (χ0v) is 16.6. The molecule has 2 aromatic carbocycles. The first kappa shape index (κ1) is 20.5. The second-order valence-electron chi connectivity index (χ2n) is 7.21. The standard InChI is InChI=1S/C22H23FN2O4/c1-14(2)19-20(17-8-4-15(3)5-9-17)24(22(27)25(28)21(19)26)13-29-12-16-6-10-18(23)11-7-16/h4-11,14,28H,12-13H2,1-3H3. The molecule has 0 saturated heterocycles. The van der Waals surface area contributed by atoms with E-state index in [1.165, 1.54) is 16.7 Å². The minimum atomic E-state index is -0.880. The molecule has 0 aliphatic carbocycles. The van der Waals surface area contributed by atoms with Crippen LogP contribution in [-0.2, 0) is 18.1 Å². The number of ether oxygens (including phenoxy) is 1. The number of aryl methyl sites for hydroxylation is 1. The Morgan fingerprint density at radius 3 is 2.24 bits per heavy atom. The van der Waals surface area contributed by atoms with Crippen molar-refractivity contribution in [2.45, 2.75) is 40.0 Å². The molecule has 1 aromatic heterocycles. The van der Waals surface area contributed by atoms with Gasteiger partial charge in [-0.3, -0.25) is 9.36 Å². The van der Waals surface area contributed by atoms with E-state index < -0.39 is 11.2 Å². The number of benzene rings is 2. The summed E-state index contributed by atoms with van der Waals surface area (Å²) >= 11 is 0. The van der Waals surface area contributed by atoms with Crippen molar-refractivity contribution in [3.63, 3.8) is 0 Å². The van der Waals surface area contributed by atoms with Crippen molar-refractivity contribution in [2.24, 2.45) is 0 Å². The summed E-state index contributed by atoms with van der Waals surface area (Å²) in [5.41, 5.74) is 1.57. The number of hydrogen-bond acceptors (Lipinski definition) is 4. The van der Waals surface area contributed by atoms with Crippen molar-refractivity contribution < 1.29 is 14.3 Å². The highest BCUT2D eigenvalue weighted by atomic mass is 19.1. The van der Waals surface area contributed by atoms with Crippen LogP contribution >= 0.6 is 0 Å². The second kappa shape index (κ2) is 8.45. The summed E-state index contributed by atoms with van der Waals surface area (Å²) in [6.07, 6.45) is 0. The molecule has 1 N–H and O–H groups in total. The summed E-state index contributed by atoms with van der Waals surface area (Å²) in [5, 5.41) is 10.1. The van der Waals surface area contributed by atoms with E-state index >= 15 is 0 Å². The third kappa shape index (κ3) is 4.30. The van der Waals surface area contributed by atoms with Crippen molar-refractivity contribution in [1.82, 2.24) is 9.30 Å². The van der Waals surface area contributed by atoms with Crippen molar-refractivity contribution in [3.8, 4) is 11.3 Å². The minimum Gasteiger partial charge on any atom is -0.421 e. The van der Waals surface area contributed by atoms with E-state index in [0.29, 0.717) is 16.8 Å². The van der Waals surface area contributed by atoms with Gasteiger partial charge in [-0.25, -0.2) is 9.18 Å². The SMILES string of the molecule is Cc1ccc(-c2c(C(C)C)c(=O)n(O)c(=O)n2COCc2ccc(F)cc2)cc1. The van der Waals surface area contributed by atoms with Gasteiger partial charge in [0.25, 0.3) is 5.56 Å². The molecule has 29 heavy (non-hydrogen) atoms. The third-order valence-corrected chi connectivity index (χ3v) is 4.66. The van der Waals surface area contributed by atoms with Crippen LogP contribution < -0.4 is 11.2 Å². The van der Waals surface area contributed by atoms with Gasteiger partial charge in [-0.1, -0.05) is 60.5 Å². The van der Waals surface area contributed by atoms with E-state index in [4.69, 9.17) is 4.74 Å². The summed E-state index contributed by atoms with van der Waals surface area (Å²) in [7, 11) is 0. The average Bonchev–Trinajstić information content (AvgIpc) is 2.69. The molecule has 0 amide bonds. The Morgan fingerprint density at radius 2 is 1.66 bits per heavy atom. The Labute approximate surface area is 167 Å². The number of hydrogen-bond donors (Lipinski definition) is 1. The molecule has 0 aliphatic rings. The van der Waals surface area contributed by atoms with Gasteiger partial charge in [-0.15, -0.1) is 0 Å². The van der Waals surface area contributed by atoms with Crippen LogP contribution in [0.5, 0.6) is 0 Å². The van der Waals surface area contributed by atoms with Crippen molar-refractivity contribution in [2.75, 3.05) is 0 Å². The third-order valence-electron chi connectivity index (χ3n) is 4.66. The van der Waals surface area contributed by atoms with E-state index in [2.05, 4.69) is 0 Å². The molecule has 0 unspecified atom stereocenters. The molecular weight excluding hydrogens is 375 g/mol. The van der Waals surface area contributed by atoms with Gasteiger partial charge < -0.3 is 9.94 Å². The molecule has 3 aromatic rings. The highest BCUT2D eigenvalue weighted by molar-refractivity contribution is 5.64. The number of halogens is 1. The summed E-state index contributed by atoms with van der Waals surface area (Å²) < 4.78 is 20.1. The fourth-order valence-corrected chi connectivity index (χ4v) is 3.16. The van der Waals surface area contributed by atoms with Gasteiger partial charge in [0.2, 0.25) is 0 Å². The van der Waals surface area contributed by atoms with Crippen LogP contribution in [0.25, 0.3) is 11.3 Å². The zero-order valence-electron chi connectivity index (χ0n) is 16.6. The largest absolute Gasteiger partial charge is 0.421 e. The first-order valence-corrected chi connectivity index (χ1v) is 9.27. The van der Waals surface area contributed by atoms with Gasteiger partial charge in [-0.2, -0.15) is 0 Å². The topological polar surface area (TPSA) is 73.5 Å². The van der Waals surface area contributed by atoms with Crippen molar-refractivity contribution >= 4 is 0 Å². The monoisotopic (exact) mass is 398 g/mol. The fraction of sp³-hybridized carbons (Fsp3) is 0.273. The number of rotatable bonds is 6. The minimum absolute atomic E-state index is 0.119.